The highest BCUT2D eigenvalue weighted by Gasteiger charge is 2.18. The normalized spacial score (nSPS) is 11.1. The predicted molar refractivity (Wildman–Crippen MR) is 126 cm³/mol. The van der Waals surface area contributed by atoms with Crippen LogP contribution < -0.4 is 16.0 Å². The van der Waals surface area contributed by atoms with Crippen LogP contribution in [-0.2, 0) is 13.1 Å². The van der Waals surface area contributed by atoms with Gasteiger partial charge in [0.25, 0.3) is 5.56 Å². The summed E-state index contributed by atoms with van der Waals surface area (Å²) in [6, 6.07) is 19.2. The van der Waals surface area contributed by atoms with Crippen molar-refractivity contribution >= 4 is 16.9 Å². The fraction of sp³-hybridized carbons (Fsp3) is 0.0833. The summed E-state index contributed by atoms with van der Waals surface area (Å²) in [5, 5.41) is 25.0. The van der Waals surface area contributed by atoms with Crippen molar-refractivity contribution in [2.75, 3.05) is 5.73 Å². The quantitative estimate of drug-likeness (QED) is 0.354. The topological polar surface area (TPSA) is 141 Å². The van der Waals surface area contributed by atoms with Gasteiger partial charge in [0.15, 0.2) is 11.4 Å². The Morgan fingerprint density at radius 1 is 0.882 bits per heavy atom. The lowest BCUT2D eigenvalue weighted by atomic mass is 10.1. The summed E-state index contributed by atoms with van der Waals surface area (Å²) in [7, 11) is 0. The van der Waals surface area contributed by atoms with E-state index in [2.05, 4.69) is 15.1 Å². The zero-order valence-electron chi connectivity index (χ0n) is 17.9. The molecule has 3 heterocycles. The van der Waals surface area contributed by atoms with Gasteiger partial charge < -0.3 is 20.7 Å². The molecule has 0 radical (unpaired) electrons. The van der Waals surface area contributed by atoms with Gasteiger partial charge in [-0.15, -0.1) is 0 Å². The van der Waals surface area contributed by atoms with Crippen molar-refractivity contribution in [3.63, 3.8) is 0 Å². The maximum Gasteiger partial charge on any atom is 0.253 e. The average Bonchev–Trinajstić information content (AvgIpc) is 3.23. The van der Waals surface area contributed by atoms with Gasteiger partial charge in [-0.1, -0.05) is 18.2 Å². The summed E-state index contributed by atoms with van der Waals surface area (Å²) in [4.78, 5) is 20.5. The molecule has 4 N–H and O–H groups in total. The number of nitrogen functional groups attached to an aromatic ring is 1. The lowest BCUT2D eigenvalue weighted by molar-refractivity contribution is 0.350. The second-order valence-electron chi connectivity index (χ2n) is 7.50. The molecule has 0 aliphatic heterocycles. The van der Waals surface area contributed by atoms with Gasteiger partial charge in [0.2, 0.25) is 5.88 Å². The monoisotopic (exact) mass is 456 g/mol. The highest BCUT2D eigenvalue weighted by atomic mass is 16.5. The molecular weight excluding hydrogens is 436 g/mol. The highest BCUT2D eigenvalue weighted by Crippen LogP contribution is 2.32. The number of ether oxygens (including phenoxy) is 1. The lowest BCUT2D eigenvalue weighted by Gasteiger charge is -2.09. The van der Waals surface area contributed by atoms with E-state index >= 15 is 0 Å². The standard InChI is InChI=1S/C24H20N6O4/c25-22-20-21(15-6-8-17(9-7-15)34-16-4-2-1-3-5-16)28-30(23(20)27-14-26-22)13-12-29-19(32)11-10-18(31)24(29)33/h1-11,14,31,33H,12-13H2,(H2,25,26,27). The summed E-state index contributed by atoms with van der Waals surface area (Å²) >= 11 is 0. The minimum absolute atomic E-state index is 0.0586. The molecule has 170 valence electrons. The van der Waals surface area contributed by atoms with Gasteiger partial charge in [0.1, 0.15) is 29.3 Å². The molecule has 0 amide bonds. The van der Waals surface area contributed by atoms with Crippen LogP contribution in [0.2, 0.25) is 0 Å². The molecule has 5 rings (SSSR count). The molecule has 3 aromatic heterocycles. The summed E-state index contributed by atoms with van der Waals surface area (Å²) in [6.45, 7) is 0.252. The van der Waals surface area contributed by atoms with Crippen molar-refractivity contribution in [2.45, 2.75) is 13.1 Å². The van der Waals surface area contributed by atoms with E-state index in [0.29, 0.717) is 22.5 Å². The molecule has 0 saturated heterocycles. The first-order chi connectivity index (χ1) is 16.5. The first-order valence-electron chi connectivity index (χ1n) is 10.4. The SMILES string of the molecule is Nc1ncnc2c1c(-c1ccc(Oc3ccccc3)cc1)nn2CCn1c(O)c(O)ccc1=O. The molecule has 0 atom stereocenters. The third-order valence-corrected chi connectivity index (χ3v) is 5.34. The zero-order chi connectivity index (χ0) is 23.7. The summed E-state index contributed by atoms with van der Waals surface area (Å²) in [5.74, 6) is 0.783. The minimum atomic E-state index is -0.507. The first-order valence-corrected chi connectivity index (χ1v) is 10.4. The number of nitrogens with zero attached hydrogens (tertiary/aromatic N) is 5. The van der Waals surface area contributed by atoms with E-state index in [-0.39, 0.29) is 24.7 Å². The largest absolute Gasteiger partial charge is 0.503 e. The van der Waals surface area contributed by atoms with Crippen molar-refractivity contribution in [3.8, 4) is 34.4 Å². The number of benzene rings is 2. The molecule has 0 unspecified atom stereocenters. The van der Waals surface area contributed by atoms with Crippen LogP contribution in [0.3, 0.4) is 0 Å². The van der Waals surface area contributed by atoms with Crippen LogP contribution in [0.4, 0.5) is 5.82 Å². The number of hydrogen-bond donors (Lipinski definition) is 3. The third kappa shape index (κ3) is 3.88. The molecular formula is C24H20N6O4. The molecule has 0 spiro atoms. The molecule has 10 nitrogen and oxygen atoms in total. The molecule has 34 heavy (non-hydrogen) atoms. The molecule has 0 aliphatic rings. The Labute approximate surface area is 193 Å². The number of hydrogen-bond acceptors (Lipinski definition) is 8. The fourth-order valence-corrected chi connectivity index (χ4v) is 3.66. The van der Waals surface area contributed by atoms with E-state index in [1.807, 2.05) is 54.6 Å². The van der Waals surface area contributed by atoms with Crippen molar-refractivity contribution in [2.24, 2.45) is 0 Å². The van der Waals surface area contributed by atoms with E-state index in [1.165, 1.54) is 12.4 Å². The van der Waals surface area contributed by atoms with Gasteiger partial charge in [-0.05, 0) is 42.5 Å². The van der Waals surface area contributed by atoms with E-state index in [1.54, 1.807) is 4.68 Å². The second kappa shape index (κ2) is 8.58. The Hall–Kier alpha value is -4.86. The van der Waals surface area contributed by atoms with Gasteiger partial charge in [-0.2, -0.15) is 5.10 Å². The zero-order valence-corrected chi connectivity index (χ0v) is 17.9. The maximum absolute atomic E-state index is 12.1. The highest BCUT2D eigenvalue weighted by molar-refractivity contribution is 5.98. The summed E-state index contributed by atoms with van der Waals surface area (Å²) in [5.41, 5.74) is 7.55. The Morgan fingerprint density at radius 2 is 1.62 bits per heavy atom. The molecule has 2 aromatic carbocycles. The summed E-state index contributed by atoms with van der Waals surface area (Å²) in [6.07, 6.45) is 1.34. The number of fused-ring (bicyclic) bond motifs is 1. The van der Waals surface area contributed by atoms with Crippen LogP contribution in [-0.4, -0.2) is 34.5 Å². The van der Waals surface area contributed by atoms with Crippen LogP contribution in [0.25, 0.3) is 22.3 Å². The van der Waals surface area contributed by atoms with Crippen molar-refractivity contribution in [1.29, 1.82) is 0 Å². The Morgan fingerprint density at radius 3 is 2.38 bits per heavy atom. The van der Waals surface area contributed by atoms with Crippen molar-refractivity contribution in [1.82, 2.24) is 24.3 Å². The number of anilines is 1. The fourth-order valence-electron chi connectivity index (χ4n) is 3.66. The Kier molecular flexibility index (Phi) is 5.30. The number of para-hydroxylation sites is 1. The van der Waals surface area contributed by atoms with E-state index in [9.17, 15) is 15.0 Å². The van der Waals surface area contributed by atoms with Crippen LogP contribution >= 0.6 is 0 Å². The number of rotatable bonds is 6. The number of nitrogens with two attached hydrogens (primary N) is 1. The van der Waals surface area contributed by atoms with E-state index in [0.717, 1.165) is 21.9 Å². The minimum Gasteiger partial charge on any atom is -0.503 e. The maximum atomic E-state index is 12.1. The number of aromatic hydroxyl groups is 2. The molecule has 0 bridgehead atoms. The Balaban J connectivity index is 1.48. The molecule has 0 aliphatic carbocycles. The van der Waals surface area contributed by atoms with Gasteiger partial charge >= 0.3 is 0 Å². The number of aromatic nitrogens is 5. The lowest BCUT2D eigenvalue weighted by Crippen LogP contribution is -2.21. The molecule has 0 fully saturated rings. The predicted octanol–water partition coefficient (Wildman–Crippen LogP) is 3.14. The molecule has 5 aromatic rings. The third-order valence-electron chi connectivity index (χ3n) is 5.34. The molecule has 0 saturated carbocycles. The second-order valence-corrected chi connectivity index (χ2v) is 7.50. The van der Waals surface area contributed by atoms with Gasteiger partial charge in [-0.3, -0.25) is 9.36 Å². The number of pyridine rings is 1. The summed E-state index contributed by atoms with van der Waals surface area (Å²) < 4.78 is 8.50. The van der Waals surface area contributed by atoms with Crippen molar-refractivity contribution < 1.29 is 14.9 Å². The van der Waals surface area contributed by atoms with Crippen LogP contribution in [0.15, 0.2) is 77.9 Å². The first kappa shape index (κ1) is 21.0. The van der Waals surface area contributed by atoms with Gasteiger partial charge in [-0.25, -0.2) is 14.6 Å². The van der Waals surface area contributed by atoms with Crippen molar-refractivity contribution in [3.05, 3.63) is 83.4 Å². The van der Waals surface area contributed by atoms with Gasteiger partial charge in [0, 0.05) is 18.2 Å². The van der Waals surface area contributed by atoms with Crippen LogP contribution in [0.5, 0.6) is 23.1 Å². The van der Waals surface area contributed by atoms with Crippen LogP contribution in [0, 0.1) is 0 Å². The number of aryl methyl sites for hydroxylation is 1. The van der Waals surface area contributed by atoms with E-state index in [4.69, 9.17) is 10.5 Å². The van der Waals surface area contributed by atoms with Gasteiger partial charge in [0.05, 0.1) is 11.9 Å². The smallest absolute Gasteiger partial charge is 0.253 e. The average molecular weight is 456 g/mol. The van der Waals surface area contributed by atoms with Crippen LogP contribution in [0.1, 0.15) is 0 Å². The molecule has 10 heteroatoms. The van der Waals surface area contributed by atoms with E-state index < -0.39 is 11.4 Å². The Bertz CT molecular complexity index is 1530.